The summed E-state index contributed by atoms with van der Waals surface area (Å²) in [5, 5.41) is 0. The Morgan fingerprint density at radius 2 is 1.67 bits per heavy atom. The molecule has 1 aromatic rings. The highest BCUT2D eigenvalue weighted by Gasteiger charge is 2.48. The van der Waals surface area contributed by atoms with Gasteiger partial charge in [0.15, 0.2) is 6.29 Å². The van der Waals surface area contributed by atoms with E-state index < -0.39 is 11.4 Å². The highest BCUT2D eigenvalue weighted by atomic mass is 17.2. The zero-order valence-corrected chi connectivity index (χ0v) is 12.8. The van der Waals surface area contributed by atoms with E-state index in [-0.39, 0.29) is 6.61 Å². The second-order valence-corrected chi connectivity index (χ2v) is 5.30. The van der Waals surface area contributed by atoms with Crippen LogP contribution in [0.2, 0.25) is 0 Å². The van der Waals surface area contributed by atoms with E-state index in [9.17, 15) is 4.79 Å². The second kappa shape index (κ2) is 7.16. The predicted molar refractivity (Wildman–Crippen MR) is 79.5 cm³/mol. The van der Waals surface area contributed by atoms with Crippen LogP contribution in [0.5, 0.6) is 0 Å². The largest absolute Gasteiger partial charge is 0.343 e. The van der Waals surface area contributed by atoms with Crippen LogP contribution in [0.4, 0.5) is 0 Å². The summed E-state index contributed by atoms with van der Waals surface area (Å²) in [6, 6.07) is 9.33. The number of benzene rings is 1. The summed E-state index contributed by atoms with van der Waals surface area (Å²) >= 11 is 0. The van der Waals surface area contributed by atoms with Crippen molar-refractivity contribution in [2.45, 2.75) is 57.3 Å². The number of aldehydes is 1. The van der Waals surface area contributed by atoms with Crippen molar-refractivity contribution in [3.63, 3.8) is 0 Å². The molecular weight excluding hydrogens is 268 g/mol. The third-order valence-electron chi connectivity index (χ3n) is 3.96. The van der Waals surface area contributed by atoms with Crippen molar-refractivity contribution in [2.24, 2.45) is 0 Å². The Morgan fingerprint density at radius 3 is 2.19 bits per heavy atom. The highest BCUT2D eigenvalue weighted by Crippen LogP contribution is 2.40. The SMILES string of the molecule is CC.O=CC1(c2ccccc2)COC2(CCCCC2)OO1. The van der Waals surface area contributed by atoms with Gasteiger partial charge in [0.2, 0.25) is 11.4 Å². The summed E-state index contributed by atoms with van der Waals surface area (Å²) in [6.45, 7) is 4.21. The van der Waals surface area contributed by atoms with Gasteiger partial charge in [-0.2, -0.15) is 4.89 Å². The molecule has 1 aliphatic carbocycles. The lowest BCUT2D eigenvalue weighted by Crippen LogP contribution is -2.52. The van der Waals surface area contributed by atoms with E-state index in [2.05, 4.69) is 0 Å². The molecule has 0 aromatic heterocycles. The van der Waals surface area contributed by atoms with Crippen molar-refractivity contribution in [3.8, 4) is 0 Å². The minimum atomic E-state index is -1.13. The molecule has 1 spiro atoms. The molecule has 2 aliphatic rings. The molecule has 2 fully saturated rings. The lowest BCUT2D eigenvalue weighted by Gasteiger charge is -2.44. The Balaban J connectivity index is 0.000000774. The van der Waals surface area contributed by atoms with Crippen LogP contribution in [0.1, 0.15) is 51.5 Å². The van der Waals surface area contributed by atoms with Crippen LogP contribution in [0.3, 0.4) is 0 Å². The van der Waals surface area contributed by atoms with Crippen LogP contribution in [-0.2, 0) is 24.9 Å². The van der Waals surface area contributed by atoms with Crippen LogP contribution in [-0.4, -0.2) is 18.7 Å². The lowest BCUT2D eigenvalue weighted by molar-refractivity contribution is -0.510. The van der Waals surface area contributed by atoms with E-state index in [1.54, 1.807) is 0 Å². The summed E-state index contributed by atoms with van der Waals surface area (Å²) in [5.74, 6) is -0.639. The fourth-order valence-electron chi connectivity index (χ4n) is 2.73. The van der Waals surface area contributed by atoms with E-state index in [0.717, 1.165) is 37.5 Å². The molecule has 116 valence electrons. The Hall–Kier alpha value is -1.23. The molecule has 1 aliphatic heterocycles. The van der Waals surface area contributed by atoms with Crippen LogP contribution in [0.15, 0.2) is 30.3 Å². The predicted octanol–water partition coefficient (Wildman–Crippen LogP) is 3.75. The molecule has 4 nitrogen and oxygen atoms in total. The first-order valence-electron chi connectivity index (χ1n) is 7.81. The second-order valence-electron chi connectivity index (χ2n) is 5.30. The molecule has 0 bridgehead atoms. The molecule has 0 N–H and O–H groups in total. The van der Waals surface area contributed by atoms with E-state index in [1.165, 1.54) is 6.42 Å². The van der Waals surface area contributed by atoms with Gasteiger partial charge in [0, 0.05) is 12.8 Å². The maximum Gasteiger partial charge on any atom is 0.206 e. The summed E-state index contributed by atoms with van der Waals surface area (Å²) in [6.07, 6.45) is 5.77. The fraction of sp³-hybridized carbons (Fsp3) is 0.588. The van der Waals surface area contributed by atoms with Crippen LogP contribution >= 0.6 is 0 Å². The number of ether oxygens (including phenoxy) is 1. The van der Waals surface area contributed by atoms with E-state index in [1.807, 2.05) is 44.2 Å². The fourth-order valence-corrected chi connectivity index (χ4v) is 2.73. The third-order valence-corrected chi connectivity index (χ3v) is 3.96. The lowest BCUT2D eigenvalue weighted by atomic mass is 9.92. The Labute approximate surface area is 126 Å². The normalized spacial score (nSPS) is 27.5. The molecule has 1 saturated carbocycles. The van der Waals surface area contributed by atoms with Gasteiger partial charge in [0.1, 0.15) is 0 Å². The van der Waals surface area contributed by atoms with Gasteiger partial charge in [-0.3, -0.25) is 4.79 Å². The molecule has 1 atom stereocenters. The maximum atomic E-state index is 11.5. The molecule has 4 heteroatoms. The van der Waals surface area contributed by atoms with Crippen LogP contribution in [0, 0.1) is 0 Å². The van der Waals surface area contributed by atoms with Crippen molar-refractivity contribution in [1.82, 2.24) is 0 Å². The van der Waals surface area contributed by atoms with Gasteiger partial charge in [0.05, 0.1) is 6.61 Å². The number of hydrogen-bond acceptors (Lipinski definition) is 4. The molecule has 3 rings (SSSR count). The minimum Gasteiger partial charge on any atom is -0.343 e. The van der Waals surface area contributed by atoms with Gasteiger partial charge in [-0.05, 0) is 18.4 Å². The van der Waals surface area contributed by atoms with Gasteiger partial charge >= 0.3 is 0 Å². The number of rotatable bonds is 2. The number of hydrogen-bond donors (Lipinski definition) is 0. The van der Waals surface area contributed by atoms with Gasteiger partial charge in [0.25, 0.3) is 0 Å². The van der Waals surface area contributed by atoms with Gasteiger partial charge < -0.3 is 4.74 Å². The number of carbonyl (C=O) groups is 1. The van der Waals surface area contributed by atoms with Gasteiger partial charge in [-0.25, -0.2) is 4.89 Å². The molecule has 1 unspecified atom stereocenters. The van der Waals surface area contributed by atoms with Crippen molar-refractivity contribution in [2.75, 3.05) is 6.61 Å². The highest BCUT2D eigenvalue weighted by molar-refractivity contribution is 5.66. The molecule has 1 aromatic carbocycles. The van der Waals surface area contributed by atoms with Crippen LogP contribution in [0.25, 0.3) is 0 Å². The first kappa shape index (κ1) is 16.1. The quantitative estimate of drug-likeness (QED) is 0.615. The molecular formula is C17H24O4. The van der Waals surface area contributed by atoms with Crippen molar-refractivity contribution < 1.29 is 19.3 Å². The monoisotopic (exact) mass is 292 g/mol. The molecule has 1 saturated heterocycles. The topological polar surface area (TPSA) is 44.8 Å². The Bertz CT molecular complexity index is 427. The van der Waals surface area contributed by atoms with Gasteiger partial charge in [-0.1, -0.05) is 50.6 Å². The average molecular weight is 292 g/mol. The zero-order chi connectivity index (χ0) is 15.2. The summed E-state index contributed by atoms with van der Waals surface area (Å²) in [4.78, 5) is 22.5. The minimum absolute atomic E-state index is 0.209. The average Bonchev–Trinajstić information content (AvgIpc) is 2.59. The summed E-state index contributed by atoms with van der Waals surface area (Å²) in [7, 11) is 0. The first-order chi connectivity index (χ1) is 10.3. The van der Waals surface area contributed by atoms with Crippen molar-refractivity contribution >= 4 is 6.29 Å². The summed E-state index contributed by atoms with van der Waals surface area (Å²) < 4.78 is 5.89. The molecule has 0 radical (unpaired) electrons. The first-order valence-corrected chi connectivity index (χ1v) is 7.81. The maximum absolute atomic E-state index is 11.5. The van der Waals surface area contributed by atoms with Crippen molar-refractivity contribution in [3.05, 3.63) is 35.9 Å². The Kier molecular flexibility index (Phi) is 5.51. The Morgan fingerprint density at radius 1 is 1.00 bits per heavy atom. The van der Waals surface area contributed by atoms with E-state index >= 15 is 0 Å². The molecule has 0 amide bonds. The van der Waals surface area contributed by atoms with E-state index in [4.69, 9.17) is 14.5 Å². The standard InChI is InChI=1S/C15H18O4.C2H6/c16-11-14(13-7-3-1-4-8-13)12-17-15(19-18-14)9-5-2-6-10-15;1-2/h1,3-4,7-8,11H,2,5-6,9-10,12H2;1-2H3. The smallest absolute Gasteiger partial charge is 0.206 e. The molecule has 21 heavy (non-hydrogen) atoms. The van der Waals surface area contributed by atoms with Crippen molar-refractivity contribution in [1.29, 1.82) is 0 Å². The van der Waals surface area contributed by atoms with Crippen LogP contribution < -0.4 is 0 Å². The van der Waals surface area contributed by atoms with E-state index in [0.29, 0.717) is 0 Å². The third kappa shape index (κ3) is 3.34. The zero-order valence-electron chi connectivity index (χ0n) is 12.8. The number of carbonyl (C=O) groups excluding carboxylic acids is 1. The summed E-state index contributed by atoms with van der Waals surface area (Å²) in [5.41, 5.74) is -0.375. The molecule has 1 heterocycles. The van der Waals surface area contributed by atoms with Gasteiger partial charge in [-0.15, -0.1) is 0 Å².